The van der Waals surface area contributed by atoms with Crippen LogP contribution in [0.2, 0.25) is 0 Å². The molecule has 104 valence electrons. The lowest BCUT2D eigenvalue weighted by atomic mass is 10.2. The van der Waals surface area contributed by atoms with Crippen molar-refractivity contribution in [2.24, 2.45) is 0 Å². The van der Waals surface area contributed by atoms with Gasteiger partial charge in [-0.3, -0.25) is 0 Å². The summed E-state index contributed by atoms with van der Waals surface area (Å²) in [5.74, 6) is -1.03. The fourth-order valence-electron chi connectivity index (χ4n) is 2.20. The lowest BCUT2D eigenvalue weighted by Crippen LogP contribution is -2.49. The zero-order valence-electron chi connectivity index (χ0n) is 11.0. The molecule has 1 rings (SSSR count). The number of hydrogen-bond acceptors (Lipinski definition) is 3. The summed E-state index contributed by atoms with van der Waals surface area (Å²) in [4.78, 5) is 24.5. The minimum absolute atomic E-state index is 0.238. The van der Waals surface area contributed by atoms with Crippen LogP contribution in [-0.2, 0) is 9.53 Å². The van der Waals surface area contributed by atoms with Crippen molar-refractivity contribution < 1.29 is 19.4 Å². The largest absolute Gasteiger partial charge is 0.480 e. The van der Waals surface area contributed by atoms with Crippen molar-refractivity contribution in [2.75, 3.05) is 20.8 Å². The molecule has 6 heteroatoms. The van der Waals surface area contributed by atoms with Gasteiger partial charge in [0.25, 0.3) is 0 Å². The van der Waals surface area contributed by atoms with Crippen molar-refractivity contribution in [3.8, 4) is 0 Å². The third-order valence-corrected chi connectivity index (χ3v) is 3.40. The molecule has 0 aromatic carbocycles. The summed E-state index contributed by atoms with van der Waals surface area (Å²) in [6.07, 6.45) is 4.54. The van der Waals surface area contributed by atoms with Crippen LogP contribution in [0.3, 0.4) is 0 Å². The SMILES string of the molecule is COCCC(NC(=O)N(C)C1CCCC1)C(=O)O. The van der Waals surface area contributed by atoms with Crippen molar-refractivity contribution in [1.29, 1.82) is 0 Å². The van der Waals surface area contributed by atoms with Gasteiger partial charge in [0.1, 0.15) is 6.04 Å². The average molecular weight is 258 g/mol. The highest BCUT2D eigenvalue weighted by molar-refractivity contribution is 5.82. The smallest absolute Gasteiger partial charge is 0.326 e. The number of carbonyl (C=O) groups excluding carboxylic acids is 1. The highest BCUT2D eigenvalue weighted by Gasteiger charge is 2.26. The number of nitrogens with zero attached hydrogens (tertiary/aromatic N) is 1. The first-order valence-corrected chi connectivity index (χ1v) is 6.31. The van der Waals surface area contributed by atoms with E-state index in [2.05, 4.69) is 5.32 Å². The second kappa shape index (κ2) is 7.20. The van der Waals surface area contributed by atoms with Gasteiger partial charge in [-0.15, -0.1) is 0 Å². The van der Waals surface area contributed by atoms with E-state index in [9.17, 15) is 9.59 Å². The molecule has 0 radical (unpaired) electrons. The van der Waals surface area contributed by atoms with Crippen molar-refractivity contribution in [3.05, 3.63) is 0 Å². The van der Waals surface area contributed by atoms with Gasteiger partial charge in [-0.05, 0) is 12.8 Å². The molecule has 1 saturated carbocycles. The van der Waals surface area contributed by atoms with Gasteiger partial charge < -0.3 is 20.1 Å². The van der Waals surface area contributed by atoms with E-state index in [-0.39, 0.29) is 18.5 Å². The van der Waals surface area contributed by atoms with E-state index in [0.29, 0.717) is 6.61 Å². The third kappa shape index (κ3) is 4.18. The fourth-order valence-corrected chi connectivity index (χ4v) is 2.20. The second-order valence-corrected chi connectivity index (χ2v) is 4.67. The summed E-state index contributed by atoms with van der Waals surface area (Å²) in [7, 11) is 3.23. The number of amides is 2. The van der Waals surface area contributed by atoms with Crippen LogP contribution in [0.4, 0.5) is 4.79 Å². The summed E-state index contributed by atoms with van der Waals surface area (Å²) in [5.41, 5.74) is 0. The van der Waals surface area contributed by atoms with Crippen LogP contribution < -0.4 is 5.32 Å². The molecule has 0 saturated heterocycles. The third-order valence-electron chi connectivity index (χ3n) is 3.40. The number of aliphatic carboxylic acids is 1. The Hall–Kier alpha value is -1.30. The van der Waals surface area contributed by atoms with Crippen LogP contribution in [-0.4, -0.2) is 54.9 Å². The Labute approximate surface area is 107 Å². The first-order chi connectivity index (χ1) is 8.56. The van der Waals surface area contributed by atoms with E-state index >= 15 is 0 Å². The quantitative estimate of drug-likeness (QED) is 0.746. The van der Waals surface area contributed by atoms with Gasteiger partial charge in [0.2, 0.25) is 0 Å². The van der Waals surface area contributed by atoms with Crippen LogP contribution >= 0.6 is 0 Å². The molecule has 6 nitrogen and oxygen atoms in total. The molecule has 2 amide bonds. The maximum atomic E-state index is 11.9. The van der Waals surface area contributed by atoms with E-state index in [0.717, 1.165) is 25.7 Å². The minimum Gasteiger partial charge on any atom is -0.480 e. The molecule has 1 atom stereocenters. The Bertz CT molecular complexity index is 290. The van der Waals surface area contributed by atoms with Gasteiger partial charge in [0.05, 0.1) is 0 Å². The Morgan fingerprint density at radius 3 is 2.56 bits per heavy atom. The maximum absolute atomic E-state index is 11.9. The molecule has 0 aromatic heterocycles. The topological polar surface area (TPSA) is 78.9 Å². The van der Waals surface area contributed by atoms with E-state index in [4.69, 9.17) is 9.84 Å². The van der Waals surface area contributed by atoms with Crippen molar-refractivity contribution in [2.45, 2.75) is 44.2 Å². The number of nitrogens with one attached hydrogen (secondary N) is 1. The summed E-state index contributed by atoms with van der Waals surface area (Å²) >= 11 is 0. The van der Waals surface area contributed by atoms with E-state index in [1.807, 2.05) is 0 Å². The van der Waals surface area contributed by atoms with Crippen LogP contribution in [0, 0.1) is 0 Å². The Morgan fingerprint density at radius 2 is 2.06 bits per heavy atom. The van der Waals surface area contributed by atoms with Gasteiger partial charge in [-0.2, -0.15) is 0 Å². The molecule has 0 spiro atoms. The molecule has 2 N–H and O–H groups in total. The number of rotatable bonds is 6. The van der Waals surface area contributed by atoms with Crippen molar-refractivity contribution in [1.82, 2.24) is 10.2 Å². The molecule has 1 unspecified atom stereocenters. The van der Waals surface area contributed by atoms with Crippen LogP contribution in [0.25, 0.3) is 0 Å². The molecule has 0 aromatic rings. The first kappa shape index (κ1) is 14.8. The number of carboxylic acid groups (broad SMARTS) is 1. The van der Waals surface area contributed by atoms with Gasteiger partial charge >= 0.3 is 12.0 Å². The highest BCUT2D eigenvalue weighted by atomic mass is 16.5. The molecule has 0 heterocycles. The van der Waals surface area contributed by atoms with Crippen LogP contribution in [0.5, 0.6) is 0 Å². The second-order valence-electron chi connectivity index (χ2n) is 4.67. The highest BCUT2D eigenvalue weighted by Crippen LogP contribution is 2.22. The van der Waals surface area contributed by atoms with E-state index in [1.54, 1.807) is 11.9 Å². The molecule has 18 heavy (non-hydrogen) atoms. The summed E-state index contributed by atoms with van der Waals surface area (Å²) < 4.78 is 4.84. The van der Waals surface area contributed by atoms with E-state index < -0.39 is 12.0 Å². The Balaban J connectivity index is 2.46. The fraction of sp³-hybridized carbons (Fsp3) is 0.833. The summed E-state index contributed by atoms with van der Waals surface area (Å²) in [6, 6.07) is -0.964. The average Bonchev–Trinajstić information content (AvgIpc) is 2.86. The van der Waals surface area contributed by atoms with Crippen LogP contribution in [0.15, 0.2) is 0 Å². The number of hydrogen-bond donors (Lipinski definition) is 2. The zero-order chi connectivity index (χ0) is 13.5. The normalized spacial score (nSPS) is 17.4. The number of carbonyl (C=O) groups is 2. The Morgan fingerprint density at radius 1 is 1.44 bits per heavy atom. The van der Waals surface area contributed by atoms with Gasteiger partial charge in [0.15, 0.2) is 0 Å². The predicted molar refractivity (Wildman–Crippen MR) is 66.5 cm³/mol. The number of urea groups is 1. The molecule has 1 aliphatic rings. The van der Waals surface area contributed by atoms with Gasteiger partial charge in [-0.1, -0.05) is 12.8 Å². The molecule has 1 aliphatic carbocycles. The number of ether oxygens (including phenoxy) is 1. The lowest BCUT2D eigenvalue weighted by Gasteiger charge is -2.26. The first-order valence-electron chi connectivity index (χ1n) is 6.31. The lowest BCUT2D eigenvalue weighted by molar-refractivity contribution is -0.139. The number of carboxylic acids is 1. The van der Waals surface area contributed by atoms with Crippen LogP contribution in [0.1, 0.15) is 32.1 Å². The molecular formula is C12H22N2O4. The minimum atomic E-state index is -1.03. The predicted octanol–water partition coefficient (Wildman–Crippen LogP) is 1.06. The zero-order valence-corrected chi connectivity index (χ0v) is 11.0. The Kier molecular flexibility index (Phi) is 5.91. The molecule has 0 aliphatic heterocycles. The molecular weight excluding hydrogens is 236 g/mol. The molecule has 0 bridgehead atoms. The standard InChI is InChI=1S/C12H22N2O4/c1-14(9-5-3-4-6-9)12(17)13-10(11(15)16)7-8-18-2/h9-10H,3-8H2,1-2H3,(H,13,17)(H,15,16). The van der Waals surface area contributed by atoms with Gasteiger partial charge in [-0.25, -0.2) is 9.59 Å². The van der Waals surface area contributed by atoms with Crippen molar-refractivity contribution >= 4 is 12.0 Å². The maximum Gasteiger partial charge on any atom is 0.326 e. The monoisotopic (exact) mass is 258 g/mol. The van der Waals surface area contributed by atoms with Gasteiger partial charge in [0, 0.05) is 33.2 Å². The van der Waals surface area contributed by atoms with Crippen molar-refractivity contribution in [3.63, 3.8) is 0 Å². The summed E-state index contributed by atoms with van der Waals surface area (Å²) in [5, 5.41) is 11.5. The molecule has 1 fully saturated rings. The number of methoxy groups -OCH3 is 1. The summed E-state index contributed by atoms with van der Waals surface area (Å²) in [6.45, 7) is 0.310. The van der Waals surface area contributed by atoms with E-state index in [1.165, 1.54) is 7.11 Å².